The second-order valence-corrected chi connectivity index (χ2v) is 8.28. The Morgan fingerprint density at radius 2 is 1.82 bits per heavy atom. The molecule has 0 aliphatic heterocycles. The zero-order chi connectivity index (χ0) is 25.0. The van der Waals surface area contributed by atoms with Gasteiger partial charge in [-0.25, -0.2) is 10.2 Å². The lowest BCUT2D eigenvalue weighted by Crippen LogP contribution is -2.49. The van der Waals surface area contributed by atoms with E-state index in [1.165, 1.54) is 6.21 Å². The van der Waals surface area contributed by atoms with Gasteiger partial charge in [-0.3, -0.25) is 4.79 Å². The zero-order valence-electron chi connectivity index (χ0n) is 20.3. The highest BCUT2D eigenvalue weighted by atomic mass is 16.6. The minimum Gasteiger partial charge on any atom is -0.493 e. The summed E-state index contributed by atoms with van der Waals surface area (Å²) in [7, 11) is 1.56. The van der Waals surface area contributed by atoms with Gasteiger partial charge in [0.2, 0.25) is 0 Å². The highest BCUT2D eigenvalue weighted by molar-refractivity contribution is 5.87. The predicted molar refractivity (Wildman–Crippen MR) is 129 cm³/mol. The van der Waals surface area contributed by atoms with Gasteiger partial charge >= 0.3 is 6.09 Å². The molecule has 0 radical (unpaired) electrons. The lowest BCUT2D eigenvalue weighted by atomic mass is 10.2. The van der Waals surface area contributed by atoms with E-state index in [4.69, 9.17) is 18.9 Å². The summed E-state index contributed by atoms with van der Waals surface area (Å²) < 4.78 is 21.7. The molecule has 2 rings (SSSR count). The van der Waals surface area contributed by atoms with Gasteiger partial charge in [-0.1, -0.05) is 30.3 Å². The molecule has 0 aliphatic rings. The predicted octanol–water partition coefficient (Wildman–Crippen LogP) is 3.65. The van der Waals surface area contributed by atoms with Crippen molar-refractivity contribution in [2.75, 3.05) is 20.3 Å². The number of carbonyl (C=O) groups excluding carboxylic acids is 2. The Kier molecular flexibility index (Phi) is 10.3. The van der Waals surface area contributed by atoms with Crippen LogP contribution < -0.4 is 20.2 Å². The molecule has 0 saturated carbocycles. The highest BCUT2D eigenvalue weighted by Crippen LogP contribution is 2.27. The first-order chi connectivity index (χ1) is 16.2. The Morgan fingerprint density at radius 3 is 2.47 bits per heavy atom. The molecule has 0 aliphatic carbocycles. The fourth-order valence-electron chi connectivity index (χ4n) is 2.79. The summed E-state index contributed by atoms with van der Waals surface area (Å²) in [6.07, 6.45) is 0.742. The number of nitrogens with one attached hydrogen (secondary N) is 2. The van der Waals surface area contributed by atoms with Gasteiger partial charge in [0, 0.05) is 0 Å². The van der Waals surface area contributed by atoms with Crippen molar-refractivity contribution in [1.29, 1.82) is 0 Å². The van der Waals surface area contributed by atoms with Crippen LogP contribution in [0.5, 0.6) is 11.5 Å². The van der Waals surface area contributed by atoms with E-state index in [0.717, 1.165) is 5.56 Å². The topological polar surface area (TPSA) is 107 Å². The van der Waals surface area contributed by atoms with Gasteiger partial charge in [-0.2, -0.15) is 5.10 Å². The van der Waals surface area contributed by atoms with E-state index in [-0.39, 0.29) is 13.2 Å². The maximum atomic E-state index is 12.7. The average molecular weight is 472 g/mol. The third-order valence-corrected chi connectivity index (χ3v) is 4.28. The molecule has 0 fully saturated rings. The molecule has 2 N–H and O–H groups in total. The molecule has 2 aromatic rings. The zero-order valence-corrected chi connectivity index (χ0v) is 20.3. The Morgan fingerprint density at radius 1 is 1.09 bits per heavy atom. The quantitative estimate of drug-likeness (QED) is 0.383. The monoisotopic (exact) mass is 471 g/mol. The van der Waals surface area contributed by atoms with Crippen LogP contribution in [-0.2, 0) is 20.9 Å². The van der Waals surface area contributed by atoms with Gasteiger partial charge in [-0.05, 0) is 57.0 Å². The summed E-state index contributed by atoms with van der Waals surface area (Å²) >= 11 is 0. The molecule has 0 saturated heterocycles. The number of alkyl carbamates (subject to hydrolysis) is 1. The van der Waals surface area contributed by atoms with Crippen LogP contribution in [0.15, 0.2) is 53.6 Å². The Bertz CT molecular complexity index is 957. The van der Waals surface area contributed by atoms with Crippen LogP contribution >= 0.6 is 0 Å². The number of nitrogens with zero attached hydrogens (tertiary/aromatic N) is 1. The van der Waals surface area contributed by atoms with Gasteiger partial charge in [-0.15, -0.1) is 0 Å². The van der Waals surface area contributed by atoms with Crippen LogP contribution in [0.2, 0.25) is 0 Å². The van der Waals surface area contributed by atoms with E-state index in [0.29, 0.717) is 23.7 Å². The van der Waals surface area contributed by atoms with E-state index in [1.54, 1.807) is 46.1 Å². The van der Waals surface area contributed by atoms with Crippen molar-refractivity contribution in [3.8, 4) is 11.5 Å². The minimum atomic E-state index is -1.01. The molecule has 34 heavy (non-hydrogen) atoms. The first-order valence-corrected chi connectivity index (χ1v) is 11.0. The summed E-state index contributed by atoms with van der Waals surface area (Å²) in [6.45, 7) is 7.80. The molecule has 0 unspecified atom stereocenters. The van der Waals surface area contributed by atoms with Gasteiger partial charge in [0.1, 0.15) is 11.6 Å². The van der Waals surface area contributed by atoms with E-state index in [2.05, 4.69) is 15.8 Å². The van der Waals surface area contributed by atoms with Crippen molar-refractivity contribution in [2.45, 2.75) is 45.9 Å². The van der Waals surface area contributed by atoms with Crippen molar-refractivity contribution in [3.05, 3.63) is 59.7 Å². The maximum Gasteiger partial charge on any atom is 0.408 e. The second-order valence-electron chi connectivity index (χ2n) is 8.28. The van der Waals surface area contributed by atoms with Crippen molar-refractivity contribution in [1.82, 2.24) is 10.7 Å². The number of carbonyl (C=O) groups is 2. The van der Waals surface area contributed by atoms with E-state index < -0.39 is 23.6 Å². The smallest absolute Gasteiger partial charge is 0.408 e. The maximum absolute atomic E-state index is 12.7. The standard InChI is InChI=1S/C25H33N3O6/c1-6-33-22-14-19(12-13-21(22)31-5)15-26-28-23(29)20(27-24(30)34-25(2,3)4)17-32-16-18-10-8-7-9-11-18/h7-15,20H,6,16-17H2,1-5H3,(H,27,30)(H,28,29)/b26-15-/t20-/m0/s1. The van der Waals surface area contributed by atoms with Gasteiger partial charge in [0.25, 0.3) is 5.91 Å². The first kappa shape index (κ1) is 26.7. The third kappa shape index (κ3) is 9.50. The number of methoxy groups -OCH3 is 1. The molecule has 184 valence electrons. The van der Waals surface area contributed by atoms with Gasteiger partial charge in [0.15, 0.2) is 11.5 Å². The number of hydrogen-bond acceptors (Lipinski definition) is 7. The highest BCUT2D eigenvalue weighted by Gasteiger charge is 2.24. The molecule has 0 aromatic heterocycles. The molecule has 0 bridgehead atoms. The van der Waals surface area contributed by atoms with Crippen LogP contribution in [0.25, 0.3) is 0 Å². The average Bonchev–Trinajstić information content (AvgIpc) is 2.78. The molecule has 0 spiro atoms. The number of ether oxygens (including phenoxy) is 4. The van der Waals surface area contributed by atoms with Crippen LogP contribution in [0, 0.1) is 0 Å². The largest absolute Gasteiger partial charge is 0.493 e. The molecule has 2 aromatic carbocycles. The van der Waals surface area contributed by atoms with Gasteiger partial charge < -0.3 is 24.3 Å². The molecular formula is C25H33N3O6. The van der Waals surface area contributed by atoms with Crippen molar-refractivity contribution in [2.24, 2.45) is 5.10 Å². The van der Waals surface area contributed by atoms with Crippen LogP contribution in [0.1, 0.15) is 38.8 Å². The number of benzene rings is 2. The van der Waals surface area contributed by atoms with Crippen LogP contribution in [-0.4, -0.2) is 50.2 Å². The van der Waals surface area contributed by atoms with E-state index in [1.807, 2.05) is 37.3 Å². The summed E-state index contributed by atoms with van der Waals surface area (Å²) in [5.41, 5.74) is 3.37. The summed E-state index contributed by atoms with van der Waals surface area (Å²) in [6, 6.07) is 13.8. The fraction of sp³-hybridized carbons (Fsp3) is 0.400. The first-order valence-electron chi connectivity index (χ1n) is 11.0. The van der Waals surface area contributed by atoms with Crippen LogP contribution in [0.4, 0.5) is 4.79 Å². The minimum absolute atomic E-state index is 0.0630. The Balaban J connectivity index is 2.02. The Labute approximate surface area is 200 Å². The number of amides is 2. The van der Waals surface area contributed by atoms with E-state index >= 15 is 0 Å². The van der Waals surface area contributed by atoms with Crippen LogP contribution in [0.3, 0.4) is 0 Å². The molecule has 9 nitrogen and oxygen atoms in total. The van der Waals surface area contributed by atoms with Crippen molar-refractivity contribution in [3.63, 3.8) is 0 Å². The number of hydrogen-bond donors (Lipinski definition) is 2. The number of hydrazone groups is 1. The molecule has 0 heterocycles. The Hall–Kier alpha value is -3.59. The summed E-state index contributed by atoms with van der Waals surface area (Å²) in [4.78, 5) is 25.0. The van der Waals surface area contributed by atoms with Crippen molar-refractivity contribution >= 4 is 18.2 Å². The van der Waals surface area contributed by atoms with E-state index in [9.17, 15) is 9.59 Å². The fourth-order valence-corrected chi connectivity index (χ4v) is 2.79. The lowest BCUT2D eigenvalue weighted by Gasteiger charge is -2.22. The number of rotatable bonds is 11. The second kappa shape index (κ2) is 13.2. The molecule has 9 heteroatoms. The molecule has 1 atom stereocenters. The summed E-state index contributed by atoms with van der Waals surface area (Å²) in [5.74, 6) is 0.619. The normalized spacial score (nSPS) is 12.1. The van der Waals surface area contributed by atoms with Crippen molar-refractivity contribution < 1.29 is 28.5 Å². The third-order valence-electron chi connectivity index (χ3n) is 4.28. The van der Waals surface area contributed by atoms with Gasteiger partial charge in [0.05, 0.1) is 33.1 Å². The lowest BCUT2D eigenvalue weighted by molar-refractivity contribution is -0.124. The molecular weight excluding hydrogens is 438 g/mol. The molecule has 2 amide bonds. The SMILES string of the molecule is CCOc1cc(/C=N\NC(=O)[C@H](COCc2ccccc2)NC(=O)OC(C)(C)C)ccc1OC. The summed E-state index contributed by atoms with van der Waals surface area (Å²) in [5, 5.41) is 6.54.